The number of nitrogens with one attached hydrogen (secondary N) is 1. The van der Waals surface area contributed by atoms with Gasteiger partial charge in [-0.25, -0.2) is 4.79 Å². The van der Waals surface area contributed by atoms with Gasteiger partial charge in [-0.15, -0.1) is 0 Å². The van der Waals surface area contributed by atoms with Gasteiger partial charge in [0.15, 0.2) is 0 Å². The Labute approximate surface area is 106 Å². The molecular weight excluding hydrogens is 275 g/mol. The van der Waals surface area contributed by atoms with Crippen LogP contribution in [0.1, 0.15) is 6.42 Å². The molecule has 0 aliphatic rings. The zero-order valence-electron chi connectivity index (χ0n) is 9.40. The molecule has 0 rings (SSSR count). The molecule has 0 radical (unpaired) electrons. The Morgan fingerprint density at radius 1 is 1.50 bits per heavy atom. The van der Waals surface area contributed by atoms with Crippen LogP contribution in [0.25, 0.3) is 0 Å². The molecule has 0 aliphatic carbocycles. The maximum Gasteiger partial charge on any atom is 0.411 e. The smallest absolute Gasteiger partial charge is 0.411 e. The minimum Gasteiger partial charge on any atom is -0.480 e. The molecule has 0 saturated carbocycles. The molecule has 1 amide bonds. The number of carboxylic acid groups (broad SMARTS) is 1. The van der Waals surface area contributed by atoms with E-state index in [4.69, 9.17) is 5.11 Å². The van der Waals surface area contributed by atoms with Crippen LogP contribution in [-0.2, 0) is 14.3 Å². The molecule has 0 aromatic rings. The molecule has 0 bridgehead atoms. The maximum atomic E-state index is 11.7. The van der Waals surface area contributed by atoms with Crippen LogP contribution in [0.5, 0.6) is 0 Å². The van der Waals surface area contributed by atoms with Crippen LogP contribution in [0.3, 0.4) is 0 Å². The first-order valence-electron chi connectivity index (χ1n) is 5.01. The van der Waals surface area contributed by atoms with Gasteiger partial charge in [-0.05, 0) is 12.2 Å². The van der Waals surface area contributed by atoms with Gasteiger partial charge >= 0.3 is 12.1 Å². The number of thioether (sulfide) groups is 1. The highest BCUT2D eigenvalue weighted by molar-refractivity contribution is 7.99. The Hall–Kier alpha value is -0.960. The van der Waals surface area contributed by atoms with Gasteiger partial charge in [0.2, 0.25) is 6.41 Å². The fraction of sp³-hybridized carbons (Fsp3) is 0.778. The molecule has 0 heterocycles. The van der Waals surface area contributed by atoms with Gasteiger partial charge in [0, 0.05) is 12.4 Å². The lowest BCUT2D eigenvalue weighted by Crippen LogP contribution is -2.37. The molecule has 0 spiro atoms. The van der Waals surface area contributed by atoms with E-state index in [0.717, 1.165) is 0 Å². The topological polar surface area (TPSA) is 75.6 Å². The van der Waals surface area contributed by atoms with E-state index in [0.29, 0.717) is 18.6 Å². The monoisotopic (exact) mass is 289 g/mol. The Bertz CT molecular complexity index is 263. The number of ether oxygens (including phenoxy) is 1. The first-order chi connectivity index (χ1) is 8.37. The minimum atomic E-state index is -4.32. The third kappa shape index (κ3) is 10.2. The van der Waals surface area contributed by atoms with Crippen LogP contribution < -0.4 is 5.32 Å². The van der Waals surface area contributed by atoms with E-state index in [1.54, 1.807) is 0 Å². The summed E-state index contributed by atoms with van der Waals surface area (Å²) >= 11 is 1.22. The molecule has 106 valence electrons. The Morgan fingerprint density at radius 3 is 2.67 bits per heavy atom. The van der Waals surface area contributed by atoms with Crippen molar-refractivity contribution in [2.75, 3.05) is 24.7 Å². The third-order valence-electron chi connectivity index (χ3n) is 1.69. The quantitative estimate of drug-likeness (QED) is 0.461. The Kier molecular flexibility index (Phi) is 8.55. The molecule has 1 atom stereocenters. The number of carbonyl (C=O) groups is 2. The van der Waals surface area contributed by atoms with Crippen LogP contribution >= 0.6 is 11.8 Å². The molecule has 1 unspecified atom stereocenters. The molecule has 0 saturated heterocycles. The fourth-order valence-electron chi connectivity index (χ4n) is 0.925. The number of aliphatic carboxylic acids is 1. The second-order valence-corrected chi connectivity index (χ2v) is 4.42. The second-order valence-electron chi connectivity index (χ2n) is 3.27. The number of halogens is 3. The first kappa shape index (κ1) is 17.0. The van der Waals surface area contributed by atoms with E-state index in [-0.39, 0.29) is 12.4 Å². The molecule has 0 aromatic heterocycles. The van der Waals surface area contributed by atoms with Gasteiger partial charge < -0.3 is 15.2 Å². The number of rotatable bonds is 10. The van der Waals surface area contributed by atoms with Crippen molar-refractivity contribution in [2.45, 2.75) is 18.6 Å². The zero-order chi connectivity index (χ0) is 14.0. The van der Waals surface area contributed by atoms with Crippen molar-refractivity contribution in [2.24, 2.45) is 0 Å². The predicted molar refractivity (Wildman–Crippen MR) is 59.4 cm³/mol. The summed E-state index contributed by atoms with van der Waals surface area (Å²) in [6.45, 7) is -1.31. The van der Waals surface area contributed by atoms with Crippen molar-refractivity contribution in [1.82, 2.24) is 5.32 Å². The molecule has 18 heavy (non-hydrogen) atoms. The zero-order valence-corrected chi connectivity index (χ0v) is 10.2. The summed E-state index contributed by atoms with van der Waals surface area (Å²) < 4.78 is 39.4. The van der Waals surface area contributed by atoms with Gasteiger partial charge in [-0.2, -0.15) is 24.9 Å². The summed E-state index contributed by atoms with van der Waals surface area (Å²) in [7, 11) is 0. The van der Waals surface area contributed by atoms with Crippen LogP contribution in [-0.4, -0.2) is 54.4 Å². The van der Waals surface area contributed by atoms with E-state index in [9.17, 15) is 22.8 Å². The second kappa shape index (κ2) is 9.03. The van der Waals surface area contributed by atoms with Crippen molar-refractivity contribution >= 4 is 24.1 Å². The Balaban J connectivity index is 3.49. The lowest BCUT2D eigenvalue weighted by Gasteiger charge is -2.10. The van der Waals surface area contributed by atoms with Crippen molar-refractivity contribution in [3.05, 3.63) is 0 Å². The first-order valence-corrected chi connectivity index (χ1v) is 6.17. The van der Waals surface area contributed by atoms with E-state index in [1.807, 2.05) is 0 Å². The third-order valence-corrected chi connectivity index (χ3v) is 2.84. The van der Waals surface area contributed by atoms with Crippen LogP contribution in [0.15, 0.2) is 0 Å². The largest absolute Gasteiger partial charge is 0.480 e. The van der Waals surface area contributed by atoms with E-state index >= 15 is 0 Å². The minimum absolute atomic E-state index is 0.0364. The van der Waals surface area contributed by atoms with Gasteiger partial charge in [-0.1, -0.05) is 0 Å². The molecule has 0 fully saturated rings. The van der Waals surface area contributed by atoms with Crippen molar-refractivity contribution in [1.29, 1.82) is 0 Å². The fourth-order valence-corrected chi connectivity index (χ4v) is 1.89. The van der Waals surface area contributed by atoms with Gasteiger partial charge in [-0.3, -0.25) is 4.79 Å². The highest BCUT2D eigenvalue weighted by Gasteiger charge is 2.27. The SMILES string of the molecule is O=CNC(CSCCCOCC(F)(F)F)C(=O)O. The van der Waals surface area contributed by atoms with E-state index in [1.165, 1.54) is 11.8 Å². The summed E-state index contributed by atoms with van der Waals surface area (Å²) in [6.07, 6.45) is -3.64. The van der Waals surface area contributed by atoms with Crippen molar-refractivity contribution in [3.63, 3.8) is 0 Å². The summed E-state index contributed by atoms with van der Waals surface area (Å²) in [5.74, 6) is -0.530. The standard InChI is InChI=1S/C9H14F3NO4S/c10-9(11,12)5-17-2-1-3-18-4-7(8(15)16)13-6-14/h6-7H,1-5H2,(H,13,14)(H,15,16). The van der Waals surface area contributed by atoms with Crippen LogP contribution in [0.4, 0.5) is 13.2 Å². The summed E-state index contributed by atoms with van der Waals surface area (Å²) in [6, 6.07) is -0.983. The molecule has 5 nitrogen and oxygen atoms in total. The molecule has 0 aromatic carbocycles. The highest BCUT2D eigenvalue weighted by atomic mass is 32.2. The van der Waals surface area contributed by atoms with E-state index < -0.39 is 24.8 Å². The lowest BCUT2D eigenvalue weighted by atomic mass is 10.3. The average molecular weight is 289 g/mol. The van der Waals surface area contributed by atoms with Crippen molar-refractivity contribution in [3.8, 4) is 0 Å². The maximum absolute atomic E-state index is 11.7. The molecular formula is C9H14F3NO4S. The van der Waals surface area contributed by atoms with Gasteiger partial charge in [0.1, 0.15) is 12.6 Å². The number of carbonyl (C=O) groups excluding carboxylic acids is 1. The summed E-state index contributed by atoms with van der Waals surface area (Å²) in [5.41, 5.74) is 0. The number of amides is 1. The van der Waals surface area contributed by atoms with E-state index in [2.05, 4.69) is 10.1 Å². The lowest BCUT2D eigenvalue weighted by molar-refractivity contribution is -0.173. The predicted octanol–water partition coefficient (Wildman–Crippen LogP) is 0.888. The van der Waals surface area contributed by atoms with Crippen LogP contribution in [0, 0.1) is 0 Å². The number of hydrogen-bond acceptors (Lipinski definition) is 4. The van der Waals surface area contributed by atoms with Crippen LogP contribution in [0.2, 0.25) is 0 Å². The summed E-state index contributed by atoms with van der Waals surface area (Å²) in [4.78, 5) is 20.7. The molecule has 0 aliphatic heterocycles. The van der Waals surface area contributed by atoms with Crippen molar-refractivity contribution < 1.29 is 32.6 Å². The van der Waals surface area contributed by atoms with Gasteiger partial charge in [0.05, 0.1) is 0 Å². The number of hydrogen-bond donors (Lipinski definition) is 2. The Morgan fingerprint density at radius 2 is 2.17 bits per heavy atom. The number of carboxylic acids is 1. The molecule has 2 N–H and O–H groups in total. The highest BCUT2D eigenvalue weighted by Crippen LogP contribution is 2.14. The molecule has 9 heteroatoms. The normalized spacial score (nSPS) is 13.1. The van der Waals surface area contributed by atoms with Gasteiger partial charge in [0.25, 0.3) is 0 Å². The summed E-state index contributed by atoms with van der Waals surface area (Å²) in [5, 5.41) is 10.8. The average Bonchev–Trinajstić information content (AvgIpc) is 2.24. The number of alkyl halides is 3.